The first-order chi connectivity index (χ1) is 8.99. The fourth-order valence-corrected chi connectivity index (χ4v) is 4.05. The first kappa shape index (κ1) is 15.3. The second-order valence-electron chi connectivity index (χ2n) is 4.58. The molecule has 1 atom stereocenters. The molecular weight excluding hydrogens is 352 g/mol. The van der Waals surface area contributed by atoms with E-state index in [1.165, 1.54) is 12.1 Å². The topological polar surface area (TPSA) is 58.2 Å². The minimum atomic E-state index is -3.48. The van der Waals surface area contributed by atoms with Crippen molar-refractivity contribution in [2.24, 2.45) is 0 Å². The highest BCUT2D eigenvalue weighted by Gasteiger charge is 2.21. The summed E-state index contributed by atoms with van der Waals surface area (Å²) in [6.45, 7) is 1.79. The summed E-state index contributed by atoms with van der Waals surface area (Å²) in [5.74, 6) is 0. The average Bonchev–Trinajstić information content (AvgIpc) is 2.60. The lowest BCUT2D eigenvalue weighted by Gasteiger charge is -2.16. The molecule has 0 spiro atoms. The molecule has 1 aliphatic rings. The zero-order valence-electron chi connectivity index (χ0n) is 10.3. The highest BCUT2D eigenvalue weighted by Crippen LogP contribution is 2.25. The van der Waals surface area contributed by atoms with Gasteiger partial charge in [0.2, 0.25) is 10.0 Å². The van der Waals surface area contributed by atoms with Gasteiger partial charge in [-0.25, -0.2) is 13.1 Å². The molecule has 7 heteroatoms. The summed E-state index contributed by atoms with van der Waals surface area (Å²) in [5, 5.41) is 3.76. The monoisotopic (exact) mass is 366 g/mol. The number of nitrogens with one attached hydrogen (secondary N) is 2. The quantitative estimate of drug-likeness (QED) is 0.863. The molecule has 1 fully saturated rings. The molecule has 1 aromatic rings. The molecule has 1 aromatic carbocycles. The van der Waals surface area contributed by atoms with Gasteiger partial charge in [-0.2, -0.15) is 0 Å². The Morgan fingerprint density at radius 2 is 2.11 bits per heavy atom. The van der Waals surface area contributed by atoms with E-state index < -0.39 is 10.0 Å². The zero-order valence-corrected chi connectivity index (χ0v) is 13.5. The van der Waals surface area contributed by atoms with Crippen molar-refractivity contribution in [2.75, 3.05) is 13.1 Å². The van der Waals surface area contributed by atoms with Crippen LogP contribution in [0.25, 0.3) is 0 Å². The van der Waals surface area contributed by atoms with E-state index in [2.05, 4.69) is 26.0 Å². The van der Waals surface area contributed by atoms with E-state index in [9.17, 15) is 8.42 Å². The van der Waals surface area contributed by atoms with Crippen LogP contribution < -0.4 is 10.0 Å². The molecule has 2 rings (SSSR count). The third kappa shape index (κ3) is 4.16. The van der Waals surface area contributed by atoms with Gasteiger partial charge in [-0.3, -0.25) is 0 Å². The van der Waals surface area contributed by atoms with E-state index in [4.69, 9.17) is 11.6 Å². The minimum absolute atomic E-state index is 0.00514. The number of rotatable bonds is 3. The molecule has 19 heavy (non-hydrogen) atoms. The number of hydrogen-bond donors (Lipinski definition) is 2. The van der Waals surface area contributed by atoms with Gasteiger partial charge >= 0.3 is 0 Å². The SMILES string of the molecule is O=S(=O)(NC1CCCNCC1)c1ccc(Cl)c(Br)c1. The van der Waals surface area contributed by atoms with Crippen LogP contribution in [-0.2, 0) is 10.0 Å². The third-order valence-corrected chi connectivity index (χ3v) is 5.83. The molecule has 0 aromatic heterocycles. The second-order valence-corrected chi connectivity index (χ2v) is 7.55. The number of sulfonamides is 1. The van der Waals surface area contributed by atoms with Crippen molar-refractivity contribution in [2.45, 2.75) is 30.2 Å². The van der Waals surface area contributed by atoms with Crippen LogP contribution in [0.3, 0.4) is 0 Å². The minimum Gasteiger partial charge on any atom is -0.317 e. The van der Waals surface area contributed by atoms with Crippen molar-refractivity contribution in [1.82, 2.24) is 10.0 Å². The third-order valence-electron chi connectivity index (χ3n) is 3.10. The summed E-state index contributed by atoms with van der Waals surface area (Å²) in [5.41, 5.74) is 0. The summed E-state index contributed by atoms with van der Waals surface area (Å²) < 4.78 is 27.9. The van der Waals surface area contributed by atoms with Gasteiger partial charge in [0.15, 0.2) is 0 Å². The van der Waals surface area contributed by atoms with E-state index in [0.717, 1.165) is 32.4 Å². The van der Waals surface area contributed by atoms with Crippen molar-refractivity contribution >= 4 is 37.6 Å². The Balaban J connectivity index is 2.14. The number of hydrogen-bond acceptors (Lipinski definition) is 3. The Labute approximate surface area is 127 Å². The largest absolute Gasteiger partial charge is 0.317 e. The molecule has 0 amide bonds. The summed E-state index contributed by atoms with van der Waals surface area (Å²) >= 11 is 9.12. The van der Waals surface area contributed by atoms with Gasteiger partial charge in [-0.1, -0.05) is 11.6 Å². The Morgan fingerprint density at radius 1 is 1.32 bits per heavy atom. The molecule has 106 valence electrons. The van der Waals surface area contributed by atoms with Gasteiger partial charge in [-0.05, 0) is 66.5 Å². The van der Waals surface area contributed by atoms with Crippen molar-refractivity contribution < 1.29 is 8.42 Å². The van der Waals surface area contributed by atoms with E-state index in [1.807, 2.05) is 0 Å². The van der Waals surface area contributed by atoms with Crippen LogP contribution in [0.2, 0.25) is 5.02 Å². The Bertz CT molecular complexity index is 543. The van der Waals surface area contributed by atoms with Crippen LogP contribution in [-0.4, -0.2) is 27.5 Å². The molecule has 4 nitrogen and oxygen atoms in total. The second kappa shape index (κ2) is 6.54. The number of halogens is 2. The smallest absolute Gasteiger partial charge is 0.240 e. The molecule has 1 unspecified atom stereocenters. The molecule has 2 N–H and O–H groups in total. The van der Waals surface area contributed by atoms with E-state index >= 15 is 0 Å². The summed E-state index contributed by atoms with van der Waals surface area (Å²) in [4.78, 5) is 0.237. The zero-order chi connectivity index (χ0) is 13.9. The molecule has 0 saturated carbocycles. The van der Waals surface area contributed by atoms with E-state index in [-0.39, 0.29) is 10.9 Å². The van der Waals surface area contributed by atoms with Crippen LogP contribution in [0.4, 0.5) is 0 Å². The fourth-order valence-electron chi connectivity index (χ4n) is 2.07. The van der Waals surface area contributed by atoms with E-state index in [0.29, 0.717) is 9.50 Å². The van der Waals surface area contributed by atoms with Gasteiger partial charge in [0.25, 0.3) is 0 Å². The normalized spacial score (nSPS) is 21.1. The fraction of sp³-hybridized carbons (Fsp3) is 0.500. The van der Waals surface area contributed by atoms with Crippen LogP contribution >= 0.6 is 27.5 Å². The predicted octanol–water partition coefficient (Wildman–Crippen LogP) is 2.52. The summed E-state index contributed by atoms with van der Waals surface area (Å²) in [7, 11) is -3.48. The Morgan fingerprint density at radius 3 is 2.84 bits per heavy atom. The summed E-state index contributed by atoms with van der Waals surface area (Å²) in [6, 6.07) is 4.62. The Hall–Kier alpha value is -0.140. The first-order valence-electron chi connectivity index (χ1n) is 6.17. The maximum atomic E-state index is 12.3. The maximum Gasteiger partial charge on any atom is 0.240 e. The lowest BCUT2D eigenvalue weighted by Crippen LogP contribution is -2.35. The highest BCUT2D eigenvalue weighted by atomic mass is 79.9. The molecule has 0 aliphatic carbocycles. The van der Waals surface area contributed by atoms with Crippen LogP contribution in [0, 0.1) is 0 Å². The molecule has 1 heterocycles. The molecule has 1 saturated heterocycles. The van der Waals surface area contributed by atoms with E-state index in [1.54, 1.807) is 6.07 Å². The molecule has 0 bridgehead atoms. The van der Waals surface area contributed by atoms with Gasteiger partial charge in [0.05, 0.1) is 9.92 Å². The van der Waals surface area contributed by atoms with Crippen molar-refractivity contribution in [3.05, 3.63) is 27.7 Å². The molecular formula is C12H16BrClN2O2S. The van der Waals surface area contributed by atoms with Gasteiger partial charge < -0.3 is 5.32 Å². The highest BCUT2D eigenvalue weighted by molar-refractivity contribution is 9.10. The maximum absolute atomic E-state index is 12.3. The van der Waals surface area contributed by atoms with Gasteiger partial charge in [0, 0.05) is 10.5 Å². The standard InChI is InChI=1S/C12H16BrClN2O2S/c13-11-8-10(3-4-12(11)14)19(17,18)16-9-2-1-6-15-7-5-9/h3-4,8-9,15-16H,1-2,5-7H2. The van der Waals surface area contributed by atoms with Crippen molar-refractivity contribution in [3.63, 3.8) is 0 Å². The van der Waals surface area contributed by atoms with Crippen molar-refractivity contribution in [1.29, 1.82) is 0 Å². The lowest BCUT2D eigenvalue weighted by atomic mass is 10.1. The molecule has 0 radical (unpaired) electrons. The lowest BCUT2D eigenvalue weighted by molar-refractivity contribution is 0.518. The van der Waals surface area contributed by atoms with Crippen molar-refractivity contribution in [3.8, 4) is 0 Å². The number of benzene rings is 1. The molecule has 1 aliphatic heterocycles. The predicted molar refractivity (Wildman–Crippen MR) is 80.0 cm³/mol. The van der Waals surface area contributed by atoms with Crippen LogP contribution in [0.5, 0.6) is 0 Å². The Kier molecular flexibility index (Phi) is 5.25. The van der Waals surface area contributed by atoms with Gasteiger partial charge in [0.1, 0.15) is 0 Å². The van der Waals surface area contributed by atoms with Gasteiger partial charge in [-0.15, -0.1) is 0 Å². The average molecular weight is 368 g/mol. The van der Waals surface area contributed by atoms with Crippen LogP contribution in [0.1, 0.15) is 19.3 Å². The summed E-state index contributed by atoms with van der Waals surface area (Å²) in [6.07, 6.45) is 2.66. The van der Waals surface area contributed by atoms with Crippen LogP contribution in [0.15, 0.2) is 27.6 Å². The first-order valence-corrected chi connectivity index (χ1v) is 8.82.